The second-order valence-corrected chi connectivity index (χ2v) is 4.37. The minimum absolute atomic E-state index is 0.0486. The molecule has 1 aliphatic rings. The highest BCUT2D eigenvalue weighted by molar-refractivity contribution is 5.81. The summed E-state index contributed by atoms with van der Waals surface area (Å²) in [7, 11) is 0. The van der Waals surface area contributed by atoms with E-state index in [4.69, 9.17) is 0 Å². The first-order valence-corrected chi connectivity index (χ1v) is 4.42. The van der Waals surface area contributed by atoms with Crippen molar-refractivity contribution in [2.45, 2.75) is 39.8 Å². The highest BCUT2D eigenvalue weighted by atomic mass is 16.3. The summed E-state index contributed by atoms with van der Waals surface area (Å²) in [6.07, 6.45) is 1.10. The molecule has 1 unspecified atom stereocenters. The van der Waals surface area contributed by atoms with Gasteiger partial charge in [0.05, 0.1) is 0 Å². The smallest absolute Gasteiger partial charge is 0.229 e. The molecule has 1 aliphatic heterocycles. The van der Waals surface area contributed by atoms with Crippen molar-refractivity contribution in [3.8, 4) is 0 Å². The van der Waals surface area contributed by atoms with Crippen molar-refractivity contribution >= 4 is 5.91 Å². The Hall–Kier alpha value is -0.570. The van der Waals surface area contributed by atoms with Crippen LogP contribution in [0, 0.1) is 5.41 Å². The summed E-state index contributed by atoms with van der Waals surface area (Å²) < 4.78 is 0. The van der Waals surface area contributed by atoms with Gasteiger partial charge < -0.3 is 10.0 Å². The van der Waals surface area contributed by atoms with E-state index in [0.717, 1.165) is 12.8 Å². The van der Waals surface area contributed by atoms with Crippen molar-refractivity contribution in [1.29, 1.82) is 0 Å². The van der Waals surface area contributed by atoms with E-state index < -0.39 is 6.23 Å². The number of carbonyl (C=O) groups is 1. The van der Waals surface area contributed by atoms with Crippen molar-refractivity contribution in [1.82, 2.24) is 4.90 Å². The average molecular weight is 171 g/mol. The standard InChI is InChI=1S/C9H17NO2/c1-9(2,3)8(12)10-6-4-5-7(10)11/h7,11H,4-6H2,1-3H3. The van der Waals surface area contributed by atoms with Crippen molar-refractivity contribution in [3.05, 3.63) is 0 Å². The van der Waals surface area contributed by atoms with Gasteiger partial charge in [0, 0.05) is 12.0 Å². The first kappa shape index (κ1) is 9.52. The molecular weight excluding hydrogens is 154 g/mol. The summed E-state index contributed by atoms with van der Waals surface area (Å²) in [4.78, 5) is 13.2. The lowest BCUT2D eigenvalue weighted by molar-refractivity contribution is -0.146. The molecule has 1 atom stereocenters. The Morgan fingerprint density at radius 2 is 2.08 bits per heavy atom. The van der Waals surface area contributed by atoms with E-state index >= 15 is 0 Å². The molecule has 1 amide bonds. The molecule has 0 bridgehead atoms. The third-order valence-electron chi connectivity index (χ3n) is 2.12. The Morgan fingerprint density at radius 1 is 1.50 bits per heavy atom. The van der Waals surface area contributed by atoms with Gasteiger partial charge in [0.1, 0.15) is 6.23 Å². The largest absolute Gasteiger partial charge is 0.374 e. The van der Waals surface area contributed by atoms with Gasteiger partial charge in [-0.15, -0.1) is 0 Å². The van der Waals surface area contributed by atoms with Crippen LogP contribution in [0.15, 0.2) is 0 Å². The average Bonchev–Trinajstić information content (AvgIpc) is 2.31. The molecule has 3 nitrogen and oxygen atoms in total. The zero-order chi connectivity index (χ0) is 9.35. The summed E-state index contributed by atoms with van der Waals surface area (Å²) >= 11 is 0. The van der Waals surface area contributed by atoms with E-state index in [-0.39, 0.29) is 11.3 Å². The number of hydrogen-bond acceptors (Lipinski definition) is 2. The molecule has 0 radical (unpaired) electrons. The van der Waals surface area contributed by atoms with E-state index in [1.807, 2.05) is 20.8 Å². The predicted molar refractivity (Wildman–Crippen MR) is 46.4 cm³/mol. The van der Waals surface area contributed by atoms with Gasteiger partial charge in [-0.1, -0.05) is 20.8 Å². The molecule has 1 saturated heterocycles. The third kappa shape index (κ3) is 1.78. The molecule has 0 saturated carbocycles. The molecule has 12 heavy (non-hydrogen) atoms. The molecule has 1 heterocycles. The zero-order valence-electron chi connectivity index (χ0n) is 8.00. The van der Waals surface area contributed by atoms with Crippen LogP contribution in [0.2, 0.25) is 0 Å². The normalized spacial score (nSPS) is 24.7. The first-order chi connectivity index (χ1) is 5.43. The SMILES string of the molecule is CC(C)(C)C(=O)N1CCCC1O. The summed E-state index contributed by atoms with van der Waals surface area (Å²) in [5.74, 6) is 0.0486. The molecule has 70 valence electrons. The van der Waals surface area contributed by atoms with Crippen molar-refractivity contribution in [2.75, 3.05) is 6.54 Å². The lowest BCUT2D eigenvalue weighted by atomic mass is 9.95. The fourth-order valence-corrected chi connectivity index (χ4v) is 1.42. The molecule has 1 fully saturated rings. The summed E-state index contributed by atoms with van der Waals surface area (Å²) in [5.41, 5.74) is -0.370. The van der Waals surface area contributed by atoms with Gasteiger partial charge in [0.15, 0.2) is 0 Å². The summed E-state index contributed by atoms with van der Waals surface area (Å²) in [6, 6.07) is 0. The van der Waals surface area contributed by atoms with Crippen LogP contribution in [-0.2, 0) is 4.79 Å². The maximum absolute atomic E-state index is 11.6. The Labute approximate surface area is 73.4 Å². The van der Waals surface area contributed by atoms with Crippen LogP contribution in [-0.4, -0.2) is 28.7 Å². The lowest BCUT2D eigenvalue weighted by Crippen LogP contribution is -2.42. The first-order valence-electron chi connectivity index (χ1n) is 4.42. The second-order valence-electron chi connectivity index (χ2n) is 4.37. The molecule has 0 aromatic heterocycles. The Bertz CT molecular complexity index is 183. The number of amides is 1. The fraction of sp³-hybridized carbons (Fsp3) is 0.889. The summed E-state index contributed by atoms with van der Waals surface area (Å²) in [5, 5.41) is 9.43. The number of carbonyl (C=O) groups excluding carboxylic acids is 1. The Kier molecular flexibility index (Phi) is 2.42. The van der Waals surface area contributed by atoms with Crippen LogP contribution < -0.4 is 0 Å². The lowest BCUT2D eigenvalue weighted by Gasteiger charge is -2.28. The highest BCUT2D eigenvalue weighted by Crippen LogP contribution is 2.23. The fourth-order valence-electron chi connectivity index (χ4n) is 1.42. The Morgan fingerprint density at radius 3 is 2.42 bits per heavy atom. The molecule has 0 aromatic rings. The quantitative estimate of drug-likeness (QED) is 0.590. The van der Waals surface area contributed by atoms with Crippen molar-refractivity contribution in [2.24, 2.45) is 5.41 Å². The molecule has 3 heteroatoms. The van der Waals surface area contributed by atoms with Crippen molar-refractivity contribution < 1.29 is 9.90 Å². The monoisotopic (exact) mass is 171 g/mol. The molecule has 1 rings (SSSR count). The van der Waals surface area contributed by atoms with E-state index in [1.54, 1.807) is 4.90 Å². The van der Waals surface area contributed by atoms with Gasteiger partial charge >= 0.3 is 0 Å². The van der Waals surface area contributed by atoms with Crippen molar-refractivity contribution in [3.63, 3.8) is 0 Å². The van der Waals surface area contributed by atoms with Crippen LogP contribution in [0.4, 0.5) is 0 Å². The van der Waals surface area contributed by atoms with Gasteiger partial charge in [-0.05, 0) is 12.8 Å². The van der Waals surface area contributed by atoms with Gasteiger partial charge in [0.2, 0.25) is 5.91 Å². The third-order valence-corrected chi connectivity index (χ3v) is 2.12. The van der Waals surface area contributed by atoms with Crippen LogP contribution in [0.5, 0.6) is 0 Å². The number of aliphatic hydroxyl groups is 1. The molecule has 0 spiro atoms. The minimum Gasteiger partial charge on any atom is -0.374 e. The van der Waals surface area contributed by atoms with E-state index in [1.165, 1.54) is 0 Å². The zero-order valence-corrected chi connectivity index (χ0v) is 8.00. The van der Waals surface area contributed by atoms with E-state index in [0.29, 0.717) is 6.54 Å². The molecule has 0 aromatic carbocycles. The van der Waals surface area contributed by atoms with Crippen LogP contribution in [0.25, 0.3) is 0 Å². The minimum atomic E-state index is -0.545. The maximum Gasteiger partial charge on any atom is 0.229 e. The van der Waals surface area contributed by atoms with Gasteiger partial charge in [0.25, 0.3) is 0 Å². The molecular formula is C9H17NO2. The van der Waals surface area contributed by atoms with Gasteiger partial charge in [-0.25, -0.2) is 0 Å². The number of rotatable bonds is 0. The number of nitrogens with zero attached hydrogens (tertiary/aromatic N) is 1. The number of aliphatic hydroxyl groups excluding tert-OH is 1. The predicted octanol–water partition coefficient (Wildman–Crippen LogP) is 0.973. The number of hydrogen-bond donors (Lipinski definition) is 1. The molecule has 1 N–H and O–H groups in total. The highest BCUT2D eigenvalue weighted by Gasteiger charge is 2.33. The topological polar surface area (TPSA) is 40.5 Å². The van der Waals surface area contributed by atoms with E-state index in [9.17, 15) is 9.90 Å². The van der Waals surface area contributed by atoms with E-state index in [2.05, 4.69) is 0 Å². The van der Waals surface area contributed by atoms with Crippen LogP contribution in [0.1, 0.15) is 33.6 Å². The second kappa shape index (κ2) is 3.05. The number of likely N-dealkylation sites (tertiary alicyclic amines) is 1. The van der Waals surface area contributed by atoms with Gasteiger partial charge in [-0.3, -0.25) is 4.79 Å². The summed E-state index contributed by atoms with van der Waals surface area (Å²) in [6.45, 7) is 6.33. The van der Waals surface area contributed by atoms with Crippen LogP contribution in [0.3, 0.4) is 0 Å². The maximum atomic E-state index is 11.6. The Balaban J connectivity index is 2.64. The van der Waals surface area contributed by atoms with Crippen LogP contribution >= 0.6 is 0 Å². The molecule has 0 aliphatic carbocycles. The van der Waals surface area contributed by atoms with Gasteiger partial charge in [-0.2, -0.15) is 0 Å².